The first-order chi connectivity index (χ1) is 4.81. The molecule has 0 aliphatic carbocycles. The number of carbonyl (C=O) groups excluding carboxylic acids is 1. The Morgan fingerprint density at radius 2 is 2.20 bits per heavy atom. The van der Waals surface area contributed by atoms with Gasteiger partial charge >= 0.3 is 0 Å². The molecule has 0 aromatic rings. The second-order valence-corrected chi connectivity index (χ2v) is 2.60. The third kappa shape index (κ3) is 5.54. The van der Waals surface area contributed by atoms with Gasteiger partial charge in [-0.15, -0.1) is 0 Å². The molecule has 0 aromatic heterocycles. The van der Waals surface area contributed by atoms with Crippen LogP contribution in [0.1, 0.15) is 33.1 Å². The smallest absolute Gasteiger partial charge is 0.123 e. The van der Waals surface area contributed by atoms with Gasteiger partial charge in [0.2, 0.25) is 0 Å². The molecular formula is C9H16O. The Morgan fingerprint density at radius 1 is 1.50 bits per heavy atom. The molecule has 1 atom stereocenters. The van der Waals surface area contributed by atoms with Gasteiger partial charge in [-0.3, -0.25) is 0 Å². The van der Waals surface area contributed by atoms with Crippen LogP contribution >= 0.6 is 0 Å². The highest BCUT2D eigenvalue weighted by Crippen LogP contribution is 2.05. The third-order valence-electron chi connectivity index (χ3n) is 1.44. The normalized spacial score (nSPS) is 13.8. The van der Waals surface area contributed by atoms with Gasteiger partial charge in [0.05, 0.1) is 0 Å². The topological polar surface area (TPSA) is 17.1 Å². The fraction of sp³-hybridized carbons (Fsp3) is 0.667. The van der Waals surface area contributed by atoms with Crippen molar-refractivity contribution in [1.82, 2.24) is 0 Å². The fourth-order valence-electron chi connectivity index (χ4n) is 0.918. The van der Waals surface area contributed by atoms with Crippen LogP contribution in [0.2, 0.25) is 0 Å². The van der Waals surface area contributed by atoms with Crippen LogP contribution in [0, 0.1) is 5.92 Å². The van der Waals surface area contributed by atoms with Gasteiger partial charge in [-0.25, -0.2) is 0 Å². The Labute approximate surface area is 63.1 Å². The highest BCUT2D eigenvalue weighted by atomic mass is 16.1. The van der Waals surface area contributed by atoms with Gasteiger partial charge in [0.1, 0.15) is 6.29 Å². The van der Waals surface area contributed by atoms with Gasteiger partial charge in [-0.05, 0) is 12.3 Å². The maximum atomic E-state index is 9.89. The van der Waals surface area contributed by atoms with E-state index in [9.17, 15) is 4.79 Å². The van der Waals surface area contributed by atoms with E-state index in [4.69, 9.17) is 0 Å². The summed E-state index contributed by atoms with van der Waals surface area (Å²) in [4.78, 5) is 9.89. The van der Waals surface area contributed by atoms with Gasteiger partial charge in [-0.2, -0.15) is 0 Å². The van der Waals surface area contributed by atoms with Gasteiger partial charge < -0.3 is 4.79 Å². The molecule has 0 amide bonds. The summed E-state index contributed by atoms with van der Waals surface area (Å²) < 4.78 is 0. The van der Waals surface area contributed by atoms with Crippen molar-refractivity contribution in [2.75, 3.05) is 0 Å². The molecule has 0 radical (unpaired) electrons. The lowest BCUT2D eigenvalue weighted by atomic mass is 10.1. The maximum absolute atomic E-state index is 9.89. The maximum Gasteiger partial charge on any atom is 0.123 e. The number of hydrogen-bond acceptors (Lipinski definition) is 1. The average Bonchev–Trinajstić information content (AvgIpc) is 1.89. The Morgan fingerprint density at radius 3 is 2.70 bits per heavy atom. The predicted octanol–water partition coefficient (Wildman–Crippen LogP) is 2.57. The Balaban J connectivity index is 3.34. The number of aldehydes is 1. The molecule has 0 heterocycles. The number of hydrogen-bond donors (Lipinski definition) is 0. The lowest BCUT2D eigenvalue weighted by molar-refractivity contribution is -0.107. The van der Waals surface area contributed by atoms with Crippen LogP contribution in [0.25, 0.3) is 0 Å². The van der Waals surface area contributed by atoms with Crippen LogP contribution < -0.4 is 0 Å². The van der Waals surface area contributed by atoms with E-state index >= 15 is 0 Å². The van der Waals surface area contributed by atoms with Crippen molar-refractivity contribution >= 4 is 6.29 Å². The standard InChI is InChI=1S/C9H16O/c1-3-6-9(2)7-4-5-8-10/h4,7-9H,3,5-6H2,1-2H3. The van der Waals surface area contributed by atoms with Crippen LogP contribution in [0.3, 0.4) is 0 Å². The van der Waals surface area contributed by atoms with Crippen LogP contribution in [0.4, 0.5) is 0 Å². The zero-order chi connectivity index (χ0) is 7.82. The van der Waals surface area contributed by atoms with E-state index < -0.39 is 0 Å². The van der Waals surface area contributed by atoms with E-state index in [1.807, 2.05) is 6.08 Å². The SMILES string of the molecule is CCCC(C)C=CCC=O. The van der Waals surface area contributed by atoms with Gasteiger partial charge in [0.25, 0.3) is 0 Å². The molecule has 0 aliphatic heterocycles. The number of allylic oxidation sites excluding steroid dienone is 2. The minimum atomic E-state index is 0.564. The van der Waals surface area contributed by atoms with Crippen molar-refractivity contribution in [3.63, 3.8) is 0 Å². The summed E-state index contributed by atoms with van der Waals surface area (Å²) in [7, 11) is 0. The highest BCUT2D eigenvalue weighted by molar-refractivity contribution is 5.51. The molecule has 0 fully saturated rings. The molecule has 0 N–H and O–H groups in total. The monoisotopic (exact) mass is 140 g/mol. The highest BCUT2D eigenvalue weighted by Gasteiger charge is 1.91. The molecule has 0 spiro atoms. The van der Waals surface area contributed by atoms with Crippen LogP contribution in [-0.4, -0.2) is 6.29 Å². The average molecular weight is 140 g/mol. The quantitative estimate of drug-likeness (QED) is 0.423. The van der Waals surface area contributed by atoms with Gasteiger partial charge in [0, 0.05) is 6.42 Å². The lowest BCUT2D eigenvalue weighted by Gasteiger charge is -2.00. The molecule has 1 heteroatoms. The van der Waals surface area contributed by atoms with E-state index in [-0.39, 0.29) is 0 Å². The molecule has 0 bridgehead atoms. The second-order valence-electron chi connectivity index (χ2n) is 2.60. The summed E-state index contributed by atoms with van der Waals surface area (Å²) in [6.45, 7) is 4.34. The molecule has 10 heavy (non-hydrogen) atoms. The summed E-state index contributed by atoms with van der Waals surface area (Å²) in [5.41, 5.74) is 0. The number of carbonyl (C=O) groups is 1. The first kappa shape index (κ1) is 9.41. The van der Waals surface area contributed by atoms with E-state index in [2.05, 4.69) is 19.9 Å². The molecule has 1 unspecified atom stereocenters. The summed E-state index contributed by atoms with van der Waals surface area (Å²) in [5, 5.41) is 0. The van der Waals surface area contributed by atoms with E-state index in [0.29, 0.717) is 12.3 Å². The van der Waals surface area contributed by atoms with Crippen molar-refractivity contribution in [3.05, 3.63) is 12.2 Å². The van der Waals surface area contributed by atoms with Crippen molar-refractivity contribution in [2.45, 2.75) is 33.1 Å². The van der Waals surface area contributed by atoms with E-state index in [0.717, 1.165) is 6.29 Å². The fourth-order valence-corrected chi connectivity index (χ4v) is 0.918. The molecule has 58 valence electrons. The second kappa shape index (κ2) is 6.53. The Hall–Kier alpha value is -0.590. The summed E-state index contributed by atoms with van der Waals surface area (Å²) in [6, 6.07) is 0. The largest absolute Gasteiger partial charge is 0.303 e. The molecule has 0 rings (SSSR count). The molecule has 0 aliphatic rings. The van der Waals surface area contributed by atoms with Gasteiger partial charge in [-0.1, -0.05) is 32.4 Å². The van der Waals surface area contributed by atoms with Crippen LogP contribution in [-0.2, 0) is 4.79 Å². The van der Waals surface area contributed by atoms with E-state index in [1.54, 1.807) is 0 Å². The first-order valence-corrected chi connectivity index (χ1v) is 3.91. The zero-order valence-corrected chi connectivity index (χ0v) is 6.84. The van der Waals surface area contributed by atoms with Crippen molar-refractivity contribution in [1.29, 1.82) is 0 Å². The van der Waals surface area contributed by atoms with Crippen molar-refractivity contribution in [2.24, 2.45) is 5.92 Å². The van der Waals surface area contributed by atoms with Crippen molar-refractivity contribution in [3.8, 4) is 0 Å². The Bertz CT molecular complexity index is 105. The molecule has 0 saturated heterocycles. The van der Waals surface area contributed by atoms with Crippen LogP contribution in [0.15, 0.2) is 12.2 Å². The molecule has 0 saturated carbocycles. The molecule has 0 aromatic carbocycles. The first-order valence-electron chi connectivity index (χ1n) is 3.91. The summed E-state index contributed by atoms with van der Waals surface area (Å²) >= 11 is 0. The lowest BCUT2D eigenvalue weighted by Crippen LogP contribution is -1.86. The third-order valence-corrected chi connectivity index (χ3v) is 1.44. The minimum absolute atomic E-state index is 0.564. The minimum Gasteiger partial charge on any atom is -0.303 e. The summed E-state index contributed by atoms with van der Waals surface area (Å²) in [5.74, 6) is 0.630. The van der Waals surface area contributed by atoms with Gasteiger partial charge in [0.15, 0.2) is 0 Å². The van der Waals surface area contributed by atoms with Crippen molar-refractivity contribution < 1.29 is 4.79 Å². The number of rotatable bonds is 5. The molecular weight excluding hydrogens is 124 g/mol. The Kier molecular flexibility index (Phi) is 6.14. The molecule has 1 nitrogen and oxygen atoms in total. The summed E-state index contributed by atoms with van der Waals surface area (Å²) in [6.07, 6.45) is 7.97. The van der Waals surface area contributed by atoms with E-state index in [1.165, 1.54) is 12.8 Å². The zero-order valence-electron chi connectivity index (χ0n) is 6.84. The van der Waals surface area contributed by atoms with Crippen LogP contribution in [0.5, 0.6) is 0 Å². The predicted molar refractivity (Wildman–Crippen MR) is 43.9 cm³/mol.